The number of H-pyrrole nitrogens is 1. The number of aliphatic hydroxyl groups is 1. The number of carbonyl (C=O) groups is 2. The number of rotatable bonds is 8. The van der Waals surface area contributed by atoms with E-state index in [1.165, 1.54) is 12.5 Å². The molecular formula is C11H16F2N4O4. The number of urea groups is 1. The molecule has 1 atom stereocenters. The van der Waals surface area contributed by atoms with Gasteiger partial charge in [-0.2, -0.15) is 0 Å². The van der Waals surface area contributed by atoms with Gasteiger partial charge in [0.2, 0.25) is 0 Å². The molecule has 21 heavy (non-hydrogen) atoms. The molecule has 0 aliphatic rings. The Bertz CT molecular complexity index is 455. The Hall–Kier alpha value is -2.23. The smallest absolute Gasteiger partial charge is 0.326 e. The Labute approximate surface area is 118 Å². The number of carboxylic acids is 1. The van der Waals surface area contributed by atoms with Gasteiger partial charge in [0.15, 0.2) is 0 Å². The number of aliphatic carboxylic acids is 1. The third-order valence-electron chi connectivity index (χ3n) is 2.59. The SMILES string of the molecule is O=C(O)[C@@H](Cc1cnc[nH]1)NC(=O)N(CCO)CC(F)F. The fourth-order valence-corrected chi connectivity index (χ4v) is 1.62. The van der Waals surface area contributed by atoms with Crippen molar-refractivity contribution in [2.75, 3.05) is 19.7 Å². The fraction of sp³-hybridized carbons (Fsp3) is 0.545. The van der Waals surface area contributed by atoms with Gasteiger partial charge in [-0.3, -0.25) is 0 Å². The second-order valence-electron chi connectivity index (χ2n) is 4.18. The summed E-state index contributed by atoms with van der Waals surface area (Å²) in [4.78, 5) is 29.9. The van der Waals surface area contributed by atoms with Crippen molar-refractivity contribution in [3.8, 4) is 0 Å². The van der Waals surface area contributed by atoms with Gasteiger partial charge in [-0.1, -0.05) is 0 Å². The molecule has 8 nitrogen and oxygen atoms in total. The van der Waals surface area contributed by atoms with Crippen molar-refractivity contribution in [1.29, 1.82) is 0 Å². The van der Waals surface area contributed by atoms with Crippen LogP contribution < -0.4 is 5.32 Å². The first kappa shape index (κ1) is 16.8. The number of nitrogens with one attached hydrogen (secondary N) is 2. The van der Waals surface area contributed by atoms with Gasteiger partial charge in [0.05, 0.1) is 19.5 Å². The fourth-order valence-electron chi connectivity index (χ4n) is 1.62. The number of alkyl halides is 2. The molecule has 2 amide bonds. The lowest BCUT2D eigenvalue weighted by Gasteiger charge is -2.24. The van der Waals surface area contributed by atoms with Crippen molar-refractivity contribution in [2.24, 2.45) is 0 Å². The van der Waals surface area contributed by atoms with Crippen LogP contribution in [-0.2, 0) is 11.2 Å². The minimum Gasteiger partial charge on any atom is -0.480 e. The third-order valence-corrected chi connectivity index (χ3v) is 2.59. The summed E-state index contributed by atoms with van der Waals surface area (Å²) in [5.41, 5.74) is 0.477. The topological polar surface area (TPSA) is 119 Å². The number of aliphatic hydroxyl groups excluding tert-OH is 1. The number of halogens is 2. The number of nitrogens with zero attached hydrogens (tertiary/aromatic N) is 2. The number of aromatic amines is 1. The Morgan fingerprint density at radius 3 is 2.67 bits per heavy atom. The van der Waals surface area contributed by atoms with Crippen molar-refractivity contribution < 1.29 is 28.6 Å². The van der Waals surface area contributed by atoms with Crippen LogP contribution in [0.25, 0.3) is 0 Å². The number of carboxylic acid groups (broad SMARTS) is 1. The summed E-state index contributed by atoms with van der Waals surface area (Å²) in [5, 5.41) is 19.9. The molecule has 4 N–H and O–H groups in total. The van der Waals surface area contributed by atoms with E-state index >= 15 is 0 Å². The molecule has 0 spiro atoms. The highest BCUT2D eigenvalue weighted by molar-refractivity contribution is 5.82. The minimum atomic E-state index is -2.78. The molecule has 1 aromatic rings. The highest BCUT2D eigenvalue weighted by Crippen LogP contribution is 2.03. The second kappa shape index (κ2) is 8.15. The first-order chi connectivity index (χ1) is 9.93. The largest absolute Gasteiger partial charge is 0.480 e. The monoisotopic (exact) mass is 306 g/mol. The number of aromatic nitrogens is 2. The molecule has 0 fully saturated rings. The molecule has 10 heteroatoms. The van der Waals surface area contributed by atoms with E-state index in [4.69, 9.17) is 10.2 Å². The molecule has 118 valence electrons. The van der Waals surface area contributed by atoms with Gasteiger partial charge >= 0.3 is 12.0 Å². The number of imidazole rings is 1. The van der Waals surface area contributed by atoms with Gasteiger partial charge in [0, 0.05) is 24.9 Å². The van der Waals surface area contributed by atoms with Crippen LogP contribution in [0.3, 0.4) is 0 Å². The van der Waals surface area contributed by atoms with Crippen LogP contribution in [0.5, 0.6) is 0 Å². The molecule has 0 bridgehead atoms. The maximum Gasteiger partial charge on any atom is 0.326 e. The Balaban J connectivity index is 2.67. The van der Waals surface area contributed by atoms with Crippen molar-refractivity contribution in [3.05, 3.63) is 18.2 Å². The average Bonchev–Trinajstić information content (AvgIpc) is 2.89. The lowest BCUT2D eigenvalue weighted by Crippen LogP contribution is -2.50. The van der Waals surface area contributed by atoms with Crippen molar-refractivity contribution >= 4 is 12.0 Å². The van der Waals surface area contributed by atoms with Crippen LogP contribution in [0.4, 0.5) is 13.6 Å². The van der Waals surface area contributed by atoms with Crippen LogP contribution in [0.1, 0.15) is 5.69 Å². The molecule has 0 radical (unpaired) electrons. The molecule has 0 unspecified atom stereocenters. The van der Waals surface area contributed by atoms with E-state index in [0.717, 1.165) is 0 Å². The van der Waals surface area contributed by atoms with E-state index in [1.807, 2.05) is 0 Å². The van der Waals surface area contributed by atoms with Gasteiger partial charge in [-0.05, 0) is 0 Å². The van der Waals surface area contributed by atoms with Crippen molar-refractivity contribution in [3.63, 3.8) is 0 Å². The lowest BCUT2D eigenvalue weighted by atomic mass is 10.1. The quantitative estimate of drug-likeness (QED) is 0.524. The Kier molecular flexibility index (Phi) is 6.53. The summed E-state index contributed by atoms with van der Waals surface area (Å²) >= 11 is 0. The van der Waals surface area contributed by atoms with Gasteiger partial charge in [0.25, 0.3) is 6.43 Å². The van der Waals surface area contributed by atoms with E-state index in [2.05, 4.69) is 15.3 Å². The summed E-state index contributed by atoms with van der Waals surface area (Å²) < 4.78 is 24.7. The Morgan fingerprint density at radius 1 is 1.48 bits per heavy atom. The molecule has 0 saturated heterocycles. The van der Waals surface area contributed by atoms with Crippen molar-refractivity contribution in [1.82, 2.24) is 20.2 Å². The predicted octanol–water partition coefficient (Wildman–Crippen LogP) is -0.326. The molecule has 0 aliphatic heterocycles. The summed E-state index contributed by atoms with van der Waals surface area (Å²) in [5.74, 6) is -1.31. The number of carbonyl (C=O) groups excluding carboxylic acids is 1. The van der Waals surface area contributed by atoms with Crippen LogP contribution in [0.2, 0.25) is 0 Å². The average molecular weight is 306 g/mol. The van der Waals surface area contributed by atoms with E-state index in [1.54, 1.807) is 0 Å². The number of amides is 2. The highest BCUT2D eigenvalue weighted by Gasteiger charge is 2.25. The molecular weight excluding hydrogens is 290 g/mol. The molecule has 1 heterocycles. The van der Waals surface area contributed by atoms with Gasteiger partial charge in [-0.15, -0.1) is 0 Å². The van der Waals surface area contributed by atoms with Crippen LogP contribution in [-0.4, -0.2) is 69.2 Å². The van der Waals surface area contributed by atoms with Crippen LogP contribution in [0, 0.1) is 0 Å². The second-order valence-corrected chi connectivity index (χ2v) is 4.18. The molecule has 1 aromatic heterocycles. The summed E-state index contributed by atoms with van der Waals surface area (Å²) in [7, 11) is 0. The first-order valence-corrected chi connectivity index (χ1v) is 6.08. The maximum absolute atomic E-state index is 12.3. The minimum absolute atomic E-state index is 0.0667. The highest BCUT2D eigenvalue weighted by atomic mass is 19.3. The van der Waals surface area contributed by atoms with E-state index in [9.17, 15) is 18.4 Å². The van der Waals surface area contributed by atoms with Crippen molar-refractivity contribution in [2.45, 2.75) is 18.9 Å². The third kappa shape index (κ3) is 5.73. The van der Waals surface area contributed by atoms with Gasteiger partial charge in [-0.25, -0.2) is 23.4 Å². The zero-order valence-corrected chi connectivity index (χ0v) is 11.0. The summed E-state index contributed by atoms with van der Waals surface area (Å²) in [6.07, 6.45) is -0.0985. The van der Waals surface area contributed by atoms with Crippen LogP contribution >= 0.6 is 0 Å². The lowest BCUT2D eigenvalue weighted by molar-refractivity contribution is -0.139. The predicted molar refractivity (Wildman–Crippen MR) is 66.9 cm³/mol. The molecule has 0 aromatic carbocycles. The molecule has 0 saturated carbocycles. The van der Waals surface area contributed by atoms with Gasteiger partial charge in [0.1, 0.15) is 6.04 Å². The standard InChI is InChI=1S/C11H16F2N4O4/c12-9(13)5-17(1-2-18)11(21)16-8(10(19)20)3-7-4-14-6-15-7/h4,6,8-9,18H,1-3,5H2,(H,14,15)(H,16,21)(H,19,20)/t8-/m1/s1. The maximum atomic E-state index is 12.3. The molecule has 1 rings (SSSR count). The van der Waals surface area contributed by atoms with E-state index in [0.29, 0.717) is 10.6 Å². The number of hydrogen-bond acceptors (Lipinski definition) is 4. The zero-order chi connectivity index (χ0) is 15.8. The van der Waals surface area contributed by atoms with Crippen LogP contribution in [0.15, 0.2) is 12.5 Å². The van der Waals surface area contributed by atoms with E-state index < -0.39 is 37.6 Å². The van der Waals surface area contributed by atoms with E-state index in [-0.39, 0.29) is 13.0 Å². The normalized spacial score (nSPS) is 12.2. The molecule has 0 aliphatic carbocycles. The number of hydrogen-bond donors (Lipinski definition) is 4. The van der Waals surface area contributed by atoms with Gasteiger partial charge < -0.3 is 25.4 Å². The first-order valence-electron chi connectivity index (χ1n) is 6.08. The summed E-state index contributed by atoms with van der Waals surface area (Å²) in [6, 6.07) is -2.27. The summed E-state index contributed by atoms with van der Waals surface area (Å²) in [6.45, 7) is -1.70. The Morgan fingerprint density at radius 2 is 2.19 bits per heavy atom. The zero-order valence-electron chi connectivity index (χ0n) is 11.0.